The number of hydrogen-bond donors (Lipinski definition) is 2. The number of hydrogen-bond acceptors (Lipinski definition) is 3. The number of benzene rings is 2. The second-order valence-electron chi connectivity index (χ2n) is 6.92. The van der Waals surface area contributed by atoms with E-state index in [1.165, 1.54) is 16.8 Å². The first-order valence-electron chi connectivity index (χ1n) is 9.68. The van der Waals surface area contributed by atoms with Crippen molar-refractivity contribution in [3.8, 4) is 5.75 Å². The molecule has 28 heavy (non-hydrogen) atoms. The highest BCUT2D eigenvalue weighted by Gasteiger charge is 2.23. The lowest BCUT2D eigenvalue weighted by Crippen LogP contribution is -2.44. The van der Waals surface area contributed by atoms with Crippen LogP contribution in [0.2, 0.25) is 0 Å². The maximum Gasteiger partial charge on any atom is 0.191 e. The molecule has 0 aromatic heterocycles. The average Bonchev–Trinajstić information content (AvgIpc) is 3.15. The van der Waals surface area contributed by atoms with E-state index < -0.39 is 0 Å². The zero-order valence-corrected chi connectivity index (χ0v) is 19.3. The Morgan fingerprint density at radius 3 is 2.71 bits per heavy atom. The minimum Gasteiger partial charge on any atom is -0.494 e. The molecule has 0 spiro atoms. The van der Waals surface area contributed by atoms with E-state index in [2.05, 4.69) is 63.8 Å². The molecular weight excluding hydrogens is 463 g/mol. The molecule has 1 heterocycles. The van der Waals surface area contributed by atoms with Crippen molar-refractivity contribution < 1.29 is 4.74 Å². The second kappa shape index (κ2) is 11.1. The Hall–Kier alpha value is -1.96. The summed E-state index contributed by atoms with van der Waals surface area (Å²) in [5.74, 6) is 1.75. The SMILES string of the molecule is CCOc1cccc(CNC(=NC)NC2CCN(c3ccc(C)cc3)C2)c1.I. The maximum absolute atomic E-state index is 5.57. The Balaban J connectivity index is 0.00000280. The summed E-state index contributed by atoms with van der Waals surface area (Å²) in [6, 6.07) is 17.3. The quantitative estimate of drug-likeness (QED) is 0.363. The summed E-state index contributed by atoms with van der Waals surface area (Å²) in [5.41, 5.74) is 3.77. The van der Waals surface area contributed by atoms with Crippen LogP contribution in [0.1, 0.15) is 24.5 Å². The van der Waals surface area contributed by atoms with Crippen molar-refractivity contribution in [1.82, 2.24) is 10.6 Å². The summed E-state index contributed by atoms with van der Waals surface area (Å²) in [4.78, 5) is 6.81. The number of halogens is 1. The average molecular weight is 494 g/mol. The van der Waals surface area contributed by atoms with Gasteiger partial charge in [0.15, 0.2) is 5.96 Å². The van der Waals surface area contributed by atoms with Crippen LogP contribution in [-0.4, -0.2) is 38.7 Å². The molecule has 1 aliphatic rings. The number of aryl methyl sites for hydroxylation is 1. The van der Waals surface area contributed by atoms with E-state index in [4.69, 9.17) is 4.74 Å². The predicted molar refractivity (Wildman–Crippen MR) is 128 cm³/mol. The van der Waals surface area contributed by atoms with Gasteiger partial charge in [0.05, 0.1) is 6.61 Å². The maximum atomic E-state index is 5.57. The molecule has 1 unspecified atom stereocenters. The number of guanidine groups is 1. The molecule has 5 nitrogen and oxygen atoms in total. The van der Waals surface area contributed by atoms with Crippen molar-refractivity contribution in [2.24, 2.45) is 4.99 Å². The zero-order valence-electron chi connectivity index (χ0n) is 16.9. The van der Waals surface area contributed by atoms with Gasteiger partial charge in [-0.25, -0.2) is 0 Å². The van der Waals surface area contributed by atoms with Gasteiger partial charge in [-0.3, -0.25) is 4.99 Å². The smallest absolute Gasteiger partial charge is 0.191 e. The molecule has 6 heteroatoms. The van der Waals surface area contributed by atoms with Crippen LogP contribution < -0.4 is 20.3 Å². The molecule has 152 valence electrons. The Kier molecular flexibility index (Phi) is 8.89. The van der Waals surface area contributed by atoms with E-state index in [1.54, 1.807) is 0 Å². The van der Waals surface area contributed by atoms with E-state index in [0.717, 1.165) is 37.8 Å². The number of ether oxygens (including phenoxy) is 1. The van der Waals surface area contributed by atoms with Gasteiger partial charge in [-0.2, -0.15) is 0 Å². The second-order valence-corrected chi connectivity index (χ2v) is 6.92. The van der Waals surface area contributed by atoms with Crippen LogP contribution in [0, 0.1) is 6.92 Å². The van der Waals surface area contributed by atoms with Crippen LogP contribution in [0.25, 0.3) is 0 Å². The fraction of sp³-hybridized carbons (Fsp3) is 0.409. The third kappa shape index (κ3) is 6.29. The number of aliphatic imine (C=N–C) groups is 1. The summed E-state index contributed by atoms with van der Waals surface area (Å²) in [6.45, 7) is 7.57. The van der Waals surface area contributed by atoms with E-state index in [0.29, 0.717) is 12.6 Å². The Morgan fingerprint density at radius 2 is 2.00 bits per heavy atom. The molecule has 2 N–H and O–H groups in total. The Bertz CT molecular complexity index is 763. The lowest BCUT2D eigenvalue weighted by molar-refractivity contribution is 0.340. The highest BCUT2D eigenvalue weighted by atomic mass is 127. The number of rotatable bonds is 6. The third-order valence-corrected chi connectivity index (χ3v) is 4.82. The van der Waals surface area contributed by atoms with Crippen LogP contribution in [0.4, 0.5) is 5.69 Å². The summed E-state index contributed by atoms with van der Waals surface area (Å²) in [6.07, 6.45) is 1.11. The van der Waals surface area contributed by atoms with Gasteiger partial charge in [-0.15, -0.1) is 24.0 Å². The Morgan fingerprint density at radius 1 is 1.21 bits per heavy atom. The minimum absolute atomic E-state index is 0. The van der Waals surface area contributed by atoms with Gasteiger partial charge in [-0.1, -0.05) is 29.8 Å². The minimum atomic E-state index is 0. The van der Waals surface area contributed by atoms with Crippen LogP contribution in [-0.2, 0) is 6.54 Å². The predicted octanol–water partition coefficient (Wildman–Crippen LogP) is 3.96. The normalized spacial score (nSPS) is 16.5. The molecular formula is C22H31IN4O. The molecule has 1 atom stereocenters. The molecule has 1 fully saturated rings. The molecule has 0 saturated carbocycles. The molecule has 0 radical (unpaired) electrons. The lowest BCUT2D eigenvalue weighted by Gasteiger charge is -2.20. The van der Waals surface area contributed by atoms with Crippen molar-refractivity contribution in [2.45, 2.75) is 32.9 Å². The summed E-state index contributed by atoms with van der Waals surface area (Å²) in [5, 5.41) is 6.96. The number of anilines is 1. The first-order chi connectivity index (χ1) is 13.2. The van der Waals surface area contributed by atoms with Crippen molar-refractivity contribution in [3.63, 3.8) is 0 Å². The van der Waals surface area contributed by atoms with Crippen LogP contribution in [0.5, 0.6) is 5.75 Å². The van der Waals surface area contributed by atoms with Crippen molar-refractivity contribution in [2.75, 3.05) is 31.6 Å². The van der Waals surface area contributed by atoms with Gasteiger partial charge in [-0.05, 0) is 50.1 Å². The zero-order chi connectivity index (χ0) is 19.1. The van der Waals surface area contributed by atoms with Crippen LogP contribution in [0.3, 0.4) is 0 Å². The first-order valence-corrected chi connectivity index (χ1v) is 9.68. The van der Waals surface area contributed by atoms with E-state index in [-0.39, 0.29) is 24.0 Å². The summed E-state index contributed by atoms with van der Waals surface area (Å²) >= 11 is 0. The van der Waals surface area contributed by atoms with Crippen molar-refractivity contribution >= 4 is 35.6 Å². The van der Waals surface area contributed by atoms with Crippen LogP contribution >= 0.6 is 24.0 Å². The van der Waals surface area contributed by atoms with Crippen molar-refractivity contribution in [1.29, 1.82) is 0 Å². The van der Waals surface area contributed by atoms with Gasteiger partial charge in [0.1, 0.15) is 5.75 Å². The van der Waals surface area contributed by atoms with Crippen LogP contribution in [0.15, 0.2) is 53.5 Å². The highest BCUT2D eigenvalue weighted by molar-refractivity contribution is 14.0. The number of nitrogens with one attached hydrogen (secondary N) is 2. The summed E-state index contributed by atoms with van der Waals surface area (Å²) < 4.78 is 5.57. The van der Waals surface area contributed by atoms with E-state index in [9.17, 15) is 0 Å². The topological polar surface area (TPSA) is 48.9 Å². The van der Waals surface area contributed by atoms with Crippen molar-refractivity contribution in [3.05, 3.63) is 59.7 Å². The van der Waals surface area contributed by atoms with Gasteiger partial charge < -0.3 is 20.3 Å². The van der Waals surface area contributed by atoms with Gasteiger partial charge in [0.25, 0.3) is 0 Å². The fourth-order valence-corrected chi connectivity index (χ4v) is 3.35. The van der Waals surface area contributed by atoms with Gasteiger partial charge >= 0.3 is 0 Å². The standard InChI is InChI=1S/C22H30N4O.HI/c1-4-27-21-7-5-6-18(14-21)15-24-22(23-3)25-19-12-13-26(16-19)20-10-8-17(2)9-11-20;/h5-11,14,19H,4,12-13,15-16H2,1-3H3,(H2,23,24,25);1H. The molecule has 1 aliphatic heterocycles. The molecule has 0 bridgehead atoms. The monoisotopic (exact) mass is 494 g/mol. The molecule has 0 aliphatic carbocycles. The van der Waals surface area contributed by atoms with E-state index >= 15 is 0 Å². The molecule has 2 aromatic rings. The first kappa shape index (κ1) is 22.3. The van der Waals surface area contributed by atoms with E-state index in [1.807, 2.05) is 26.1 Å². The fourth-order valence-electron chi connectivity index (χ4n) is 3.35. The van der Waals surface area contributed by atoms with Gasteiger partial charge in [0.2, 0.25) is 0 Å². The largest absolute Gasteiger partial charge is 0.494 e. The lowest BCUT2D eigenvalue weighted by atomic mass is 10.2. The molecule has 3 rings (SSSR count). The highest BCUT2D eigenvalue weighted by Crippen LogP contribution is 2.20. The van der Waals surface area contributed by atoms with Gasteiger partial charge in [0, 0.05) is 38.4 Å². The Labute approximate surface area is 185 Å². The third-order valence-electron chi connectivity index (χ3n) is 4.82. The summed E-state index contributed by atoms with van der Waals surface area (Å²) in [7, 11) is 1.82. The molecule has 0 amide bonds. The molecule has 2 aromatic carbocycles. The number of nitrogens with zero attached hydrogens (tertiary/aromatic N) is 2. The molecule has 1 saturated heterocycles.